The van der Waals surface area contributed by atoms with Gasteiger partial charge in [-0.15, -0.1) is 0 Å². The SMILES string of the molecule is CCOC(=O)Oc1ccc(C(=O)Nc2cccc(NC(=O)CCCOc3ccccc3C)c2)cc1. The number of amides is 2. The zero-order valence-corrected chi connectivity index (χ0v) is 19.7. The van der Waals surface area contributed by atoms with Crippen molar-refractivity contribution < 1.29 is 28.6 Å². The number of carbonyl (C=O) groups is 3. The number of carbonyl (C=O) groups excluding carboxylic acids is 3. The Morgan fingerprint density at radius 1 is 0.857 bits per heavy atom. The van der Waals surface area contributed by atoms with Gasteiger partial charge >= 0.3 is 6.16 Å². The fourth-order valence-electron chi connectivity index (χ4n) is 3.15. The lowest BCUT2D eigenvalue weighted by Gasteiger charge is -2.10. The highest BCUT2D eigenvalue weighted by Gasteiger charge is 2.10. The van der Waals surface area contributed by atoms with Crippen molar-refractivity contribution >= 4 is 29.3 Å². The number of hydrogen-bond acceptors (Lipinski definition) is 6. The molecule has 2 N–H and O–H groups in total. The fourth-order valence-corrected chi connectivity index (χ4v) is 3.15. The number of nitrogens with one attached hydrogen (secondary N) is 2. The van der Waals surface area contributed by atoms with E-state index >= 15 is 0 Å². The van der Waals surface area contributed by atoms with E-state index in [9.17, 15) is 14.4 Å². The summed E-state index contributed by atoms with van der Waals surface area (Å²) in [6.45, 7) is 4.31. The zero-order valence-electron chi connectivity index (χ0n) is 19.7. The summed E-state index contributed by atoms with van der Waals surface area (Å²) in [6, 6.07) is 20.7. The van der Waals surface area contributed by atoms with Crippen LogP contribution in [-0.4, -0.2) is 31.2 Å². The molecule has 0 saturated heterocycles. The molecule has 8 nitrogen and oxygen atoms in total. The summed E-state index contributed by atoms with van der Waals surface area (Å²) in [4.78, 5) is 36.2. The average molecular weight is 477 g/mol. The minimum absolute atomic E-state index is 0.140. The Morgan fingerprint density at radius 2 is 1.57 bits per heavy atom. The summed E-state index contributed by atoms with van der Waals surface area (Å²) in [7, 11) is 0. The Hall–Kier alpha value is -4.33. The highest BCUT2D eigenvalue weighted by Crippen LogP contribution is 2.19. The average Bonchev–Trinajstić information content (AvgIpc) is 2.83. The van der Waals surface area contributed by atoms with Gasteiger partial charge in [0.2, 0.25) is 5.91 Å². The second kappa shape index (κ2) is 12.8. The molecule has 2 amide bonds. The van der Waals surface area contributed by atoms with E-state index < -0.39 is 6.16 Å². The van der Waals surface area contributed by atoms with Crippen LogP contribution >= 0.6 is 0 Å². The molecule has 0 bridgehead atoms. The van der Waals surface area contributed by atoms with Gasteiger partial charge in [-0.2, -0.15) is 0 Å². The zero-order chi connectivity index (χ0) is 25.0. The van der Waals surface area contributed by atoms with E-state index in [1.807, 2.05) is 31.2 Å². The molecule has 3 aromatic carbocycles. The molecule has 0 aromatic heterocycles. The number of rotatable bonds is 10. The third-order valence-electron chi connectivity index (χ3n) is 4.88. The molecule has 0 fully saturated rings. The highest BCUT2D eigenvalue weighted by atomic mass is 16.7. The predicted octanol–water partition coefficient (Wildman–Crippen LogP) is 5.58. The standard InChI is InChI=1S/C27H28N2O6/c1-3-33-27(32)35-23-15-13-20(14-16-23)26(31)29-22-10-6-9-21(18-22)28-25(30)12-7-17-34-24-11-5-4-8-19(24)2/h4-6,8-11,13-16,18H,3,7,12,17H2,1-2H3,(H,28,30)(H,29,31). The van der Waals surface area contributed by atoms with Crippen molar-refractivity contribution in [2.45, 2.75) is 26.7 Å². The molecule has 0 unspecified atom stereocenters. The van der Waals surface area contributed by atoms with Gasteiger partial charge in [0.25, 0.3) is 5.91 Å². The molecular formula is C27H28N2O6. The fraction of sp³-hybridized carbons (Fsp3) is 0.222. The Balaban J connectivity index is 1.46. The van der Waals surface area contributed by atoms with Crippen LogP contribution in [0.1, 0.15) is 35.7 Å². The second-order valence-electron chi connectivity index (χ2n) is 7.61. The maximum Gasteiger partial charge on any atom is 0.513 e. The van der Waals surface area contributed by atoms with Crippen LogP contribution in [0.25, 0.3) is 0 Å². The lowest BCUT2D eigenvalue weighted by Crippen LogP contribution is -2.14. The first kappa shape index (κ1) is 25.3. The summed E-state index contributed by atoms with van der Waals surface area (Å²) >= 11 is 0. The molecule has 0 spiro atoms. The first-order valence-electron chi connectivity index (χ1n) is 11.3. The quantitative estimate of drug-likeness (QED) is 0.225. The highest BCUT2D eigenvalue weighted by molar-refractivity contribution is 6.04. The molecule has 0 radical (unpaired) electrons. The van der Waals surface area contributed by atoms with E-state index in [1.54, 1.807) is 31.2 Å². The largest absolute Gasteiger partial charge is 0.513 e. The van der Waals surface area contributed by atoms with Crippen LogP contribution in [0, 0.1) is 6.92 Å². The first-order chi connectivity index (χ1) is 16.9. The van der Waals surface area contributed by atoms with Gasteiger partial charge in [0.05, 0.1) is 13.2 Å². The molecule has 182 valence electrons. The Kier molecular flexibility index (Phi) is 9.24. The van der Waals surface area contributed by atoms with Gasteiger partial charge in [0, 0.05) is 23.4 Å². The van der Waals surface area contributed by atoms with Crippen molar-refractivity contribution in [3.63, 3.8) is 0 Å². The third kappa shape index (κ3) is 8.19. The van der Waals surface area contributed by atoms with Crippen LogP contribution in [0.3, 0.4) is 0 Å². The van der Waals surface area contributed by atoms with E-state index in [2.05, 4.69) is 10.6 Å². The molecule has 0 atom stereocenters. The maximum absolute atomic E-state index is 12.6. The van der Waals surface area contributed by atoms with Crippen LogP contribution in [0.5, 0.6) is 11.5 Å². The summed E-state index contributed by atoms with van der Waals surface area (Å²) in [5, 5.41) is 5.62. The molecule has 0 aliphatic heterocycles. The number of para-hydroxylation sites is 1. The van der Waals surface area contributed by atoms with Gasteiger partial charge in [-0.05, 0) is 74.4 Å². The van der Waals surface area contributed by atoms with Gasteiger partial charge in [0.1, 0.15) is 11.5 Å². The molecule has 3 rings (SSSR count). The van der Waals surface area contributed by atoms with Crippen molar-refractivity contribution in [1.29, 1.82) is 0 Å². The molecular weight excluding hydrogens is 448 g/mol. The molecule has 8 heteroatoms. The Bertz CT molecular complexity index is 1160. The van der Waals surface area contributed by atoms with Gasteiger partial charge in [-0.25, -0.2) is 4.79 Å². The van der Waals surface area contributed by atoms with Crippen molar-refractivity contribution in [2.24, 2.45) is 0 Å². The van der Waals surface area contributed by atoms with E-state index in [1.165, 1.54) is 24.3 Å². The Morgan fingerprint density at radius 3 is 2.29 bits per heavy atom. The smallest absolute Gasteiger partial charge is 0.493 e. The van der Waals surface area contributed by atoms with Gasteiger partial charge in [-0.3, -0.25) is 9.59 Å². The van der Waals surface area contributed by atoms with E-state index in [0.717, 1.165) is 11.3 Å². The molecule has 0 aliphatic carbocycles. The third-order valence-corrected chi connectivity index (χ3v) is 4.88. The topological polar surface area (TPSA) is 103 Å². The van der Waals surface area contributed by atoms with Crippen LogP contribution in [-0.2, 0) is 9.53 Å². The van der Waals surface area contributed by atoms with Gasteiger partial charge in [0.15, 0.2) is 0 Å². The van der Waals surface area contributed by atoms with E-state index in [0.29, 0.717) is 36.4 Å². The monoisotopic (exact) mass is 476 g/mol. The summed E-state index contributed by atoms with van der Waals surface area (Å²) < 4.78 is 15.4. The minimum Gasteiger partial charge on any atom is -0.493 e. The van der Waals surface area contributed by atoms with Crippen molar-refractivity contribution in [2.75, 3.05) is 23.8 Å². The van der Waals surface area contributed by atoms with Crippen LogP contribution < -0.4 is 20.1 Å². The van der Waals surface area contributed by atoms with Crippen molar-refractivity contribution in [1.82, 2.24) is 0 Å². The molecule has 0 saturated carbocycles. The summed E-state index contributed by atoms with van der Waals surface area (Å²) in [6.07, 6.45) is 0.0807. The Labute approximate surface area is 204 Å². The van der Waals surface area contributed by atoms with Crippen molar-refractivity contribution in [3.05, 3.63) is 83.9 Å². The second-order valence-corrected chi connectivity index (χ2v) is 7.61. The number of benzene rings is 3. The minimum atomic E-state index is -0.803. The predicted molar refractivity (Wildman–Crippen MR) is 133 cm³/mol. The lowest BCUT2D eigenvalue weighted by atomic mass is 10.2. The molecule has 35 heavy (non-hydrogen) atoms. The molecule has 0 aliphatic rings. The number of anilines is 2. The van der Waals surface area contributed by atoms with E-state index in [4.69, 9.17) is 14.2 Å². The number of aryl methyl sites for hydroxylation is 1. The van der Waals surface area contributed by atoms with Crippen molar-refractivity contribution in [3.8, 4) is 11.5 Å². The summed E-state index contributed by atoms with van der Waals surface area (Å²) in [5.41, 5.74) is 2.54. The summed E-state index contributed by atoms with van der Waals surface area (Å²) in [5.74, 6) is 0.607. The number of ether oxygens (including phenoxy) is 3. The number of hydrogen-bond donors (Lipinski definition) is 2. The molecule has 3 aromatic rings. The normalized spacial score (nSPS) is 10.2. The van der Waals surface area contributed by atoms with E-state index in [-0.39, 0.29) is 24.2 Å². The van der Waals surface area contributed by atoms with Crippen LogP contribution in [0.4, 0.5) is 16.2 Å². The van der Waals surface area contributed by atoms with Gasteiger partial charge < -0.3 is 24.8 Å². The lowest BCUT2D eigenvalue weighted by molar-refractivity contribution is -0.116. The maximum atomic E-state index is 12.6. The first-order valence-corrected chi connectivity index (χ1v) is 11.3. The van der Waals surface area contributed by atoms with Crippen LogP contribution in [0.15, 0.2) is 72.8 Å². The molecule has 0 heterocycles. The van der Waals surface area contributed by atoms with Crippen LogP contribution in [0.2, 0.25) is 0 Å². The van der Waals surface area contributed by atoms with Gasteiger partial charge in [-0.1, -0.05) is 24.3 Å².